The van der Waals surface area contributed by atoms with Crippen LogP contribution >= 0.6 is 23.1 Å². The van der Waals surface area contributed by atoms with Gasteiger partial charge in [-0.25, -0.2) is 9.69 Å². The third-order valence-electron chi connectivity index (χ3n) is 8.21. The minimum absolute atomic E-state index is 0.227. The van der Waals surface area contributed by atoms with Gasteiger partial charge in [0, 0.05) is 21.9 Å². The molecule has 0 spiro atoms. The highest BCUT2D eigenvalue weighted by molar-refractivity contribution is 8.00. The Morgan fingerprint density at radius 2 is 1.57 bits per heavy atom. The van der Waals surface area contributed by atoms with Crippen molar-refractivity contribution in [2.75, 3.05) is 16.8 Å². The van der Waals surface area contributed by atoms with E-state index in [0.717, 1.165) is 39.4 Å². The zero-order chi connectivity index (χ0) is 31.9. The maximum atomic E-state index is 14.1. The van der Waals surface area contributed by atoms with E-state index in [1.807, 2.05) is 72.8 Å². The molecule has 5 aromatic rings. The number of nitrogens with one attached hydrogen (secondary N) is 1. The van der Waals surface area contributed by atoms with E-state index in [1.165, 1.54) is 21.6 Å². The lowest BCUT2D eigenvalue weighted by Gasteiger charge is -2.30. The summed E-state index contributed by atoms with van der Waals surface area (Å²) in [5, 5.41) is 4.49. The van der Waals surface area contributed by atoms with E-state index in [-0.39, 0.29) is 29.8 Å². The van der Waals surface area contributed by atoms with E-state index in [2.05, 4.69) is 5.32 Å². The quantitative estimate of drug-likeness (QED) is 0.178. The van der Waals surface area contributed by atoms with E-state index in [1.54, 1.807) is 19.1 Å². The lowest BCUT2D eigenvalue weighted by atomic mass is 9.83. The molecule has 2 aliphatic rings. The van der Waals surface area contributed by atoms with Crippen molar-refractivity contribution in [2.45, 2.75) is 29.7 Å². The molecule has 7 rings (SSSR count). The van der Waals surface area contributed by atoms with Gasteiger partial charge >= 0.3 is 10.8 Å². The van der Waals surface area contributed by atoms with Crippen LogP contribution in [0.2, 0.25) is 0 Å². The van der Waals surface area contributed by atoms with Gasteiger partial charge in [-0.2, -0.15) is 0 Å². The Balaban J connectivity index is 1.23. The number of fused-ring (bicyclic) bond motifs is 3. The van der Waals surface area contributed by atoms with Crippen LogP contribution < -0.4 is 15.1 Å². The highest BCUT2D eigenvalue weighted by Crippen LogP contribution is 2.53. The van der Waals surface area contributed by atoms with Crippen molar-refractivity contribution in [3.05, 3.63) is 123 Å². The molecule has 1 aromatic heterocycles. The zero-order valence-electron chi connectivity index (χ0n) is 24.5. The van der Waals surface area contributed by atoms with E-state index in [9.17, 15) is 24.0 Å². The first kappa shape index (κ1) is 29.7. The number of thiazole rings is 1. The molecule has 1 N–H and O–H groups in total. The summed E-state index contributed by atoms with van der Waals surface area (Å²) < 4.78 is 6.47. The normalized spacial score (nSPS) is 18.7. The van der Waals surface area contributed by atoms with Gasteiger partial charge in [-0.1, -0.05) is 89.8 Å². The second-order valence-electron chi connectivity index (χ2n) is 10.9. The molecule has 2 aliphatic heterocycles. The average molecular weight is 650 g/mol. The fraction of sp³-hybridized carbons (Fsp3) is 0.171. The van der Waals surface area contributed by atoms with Crippen molar-refractivity contribution in [1.29, 1.82) is 0 Å². The van der Waals surface area contributed by atoms with Gasteiger partial charge in [-0.05, 0) is 48.2 Å². The third kappa shape index (κ3) is 5.11. The number of thioether (sulfide) groups is 1. The number of anilines is 2. The highest BCUT2D eigenvalue weighted by Gasteiger charge is 2.56. The molecule has 230 valence electrons. The van der Waals surface area contributed by atoms with Crippen molar-refractivity contribution in [3.8, 4) is 0 Å². The van der Waals surface area contributed by atoms with Crippen LogP contribution in [0.4, 0.5) is 11.4 Å². The van der Waals surface area contributed by atoms with Gasteiger partial charge in [0.2, 0.25) is 17.7 Å². The summed E-state index contributed by atoms with van der Waals surface area (Å²) in [7, 11) is 0. The van der Waals surface area contributed by atoms with E-state index in [4.69, 9.17) is 4.74 Å². The summed E-state index contributed by atoms with van der Waals surface area (Å²) in [6.07, 6.45) is 0. The maximum absolute atomic E-state index is 14.1. The molecule has 0 saturated carbocycles. The van der Waals surface area contributed by atoms with Gasteiger partial charge in [0.25, 0.3) is 0 Å². The average Bonchev–Trinajstić information content (AvgIpc) is 3.51. The number of rotatable bonds is 7. The standard InChI is InChI=1S/C35H27N3O6S2/c1-2-44-34(42)22-15-17-23(18-16-22)38-31(40)28-27(21-10-4-3-5-11-21)30-33(45-29(28)32(38)41)37(35(43)46-30)19-26(39)36-25-14-8-12-20-9-6-7-13-24(20)25/h3-18,27-29H,2,19H2,1H3,(H,36,39)/t27-,28?,29?/m1/s1. The molecule has 3 heterocycles. The Labute approximate surface area is 271 Å². The van der Waals surface area contributed by atoms with E-state index in [0.29, 0.717) is 26.8 Å². The number of imide groups is 1. The van der Waals surface area contributed by atoms with Gasteiger partial charge in [0.1, 0.15) is 11.8 Å². The summed E-state index contributed by atoms with van der Waals surface area (Å²) in [5.41, 5.74) is 2.09. The van der Waals surface area contributed by atoms with Crippen molar-refractivity contribution in [2.24, 2.45) is 5.92 Å². The fourth-order valence-electron chi connectivity index (χ4n) is 6.16. The summed E-state index contributed by atoms with van der Waals surface area (Å²) in [6.45, 7) is 1.69. The minimum Gasteiger partial charge on any atom is -0.462 e. The Hall–Kier alpha value is -5.00. The lowest BCUT2D eigenvalue weighted by Crippen LogP contribution is -2.33. The second kappa shape index (κ2) is 12.1. The topological polar surface area (TPSA) is 115 Å². The molecule has 46 heavy (non-hydrogen) atoms. The first-order valence-electron chi connectivity index (χ1n) is 14.7. The number of benzene rings is 4. The minimum atomic E-state index is -0.823. The van der Waals surface area contributed by atoms with Crippen LogP contribution in [0.1, 0.15) is 33.6 Å². The number of hydrogen-bond donors (Lipinski definition) is 1. The number of carbonyl (C=O) groups excluding carboxylic acids is 4. The third-order valence-corrected chi connectivity index (χ3v) is 10.8. The number of esters is 1. The molecule has 11 heteroatoms. The monoisotopic (exact) mass is 649 g/mol. The van der Waals surface area contributed by atoms with Crippen LogP contribution in [-0.2, 0) is 25.7 Å². The first-order valence-corrected chi connectivity index (χ1v) is 16.4. The maximum Gasteiger partial charge on any atom is 0.338 e. The van der Waals surface area contributed by atoms with Crippen LogP contribution in [0.3, 0.4) is 0 Å². The van der Waals surface area contributed by atoms with Crippen molar-refractivity contribution in [1.82, 2.24) is 4.57 Å². The zero-order valence-corrected chi connectivity index (χ0v) is 26.2. The number of aromatic nitrogens is 1. The second-order valence-corrected chi connectivity index (χ2v) is 13.1. The number of amides is 3. The first-order chi connectivity index (χ1) is 22.4. The van der Waals surface area contributed by atoms with Crippen molar-refractivity contribution in [3.63, 3.8) is 0 Å². The summed E-state index contributed by atoms with van der Waals surface area (Å²) >= 11 is 2.16. The molecule has 4 aromatic carbocycles. The molecule has 9 nitrogen and oxygen atoms in total. The number of carbonyl (C=O) groups is 4. The van der Waals surface area contributed by atoms with Gasteiger partial charge in [0.05, 0.1) is 28.8 Å². The number of nitrogens with zero attached hydrogens (tertiary/aromatic N) is 2. The molecule has 0 aliphatic carbocycles. The molecule has 0 bridgehead atoms. The molecular formula is C35H27N3O6S2. The molecule has 0 radical (unpaired) electrons. The molecule has 1 saturated heterocycles. The Morgan fingerprint density at radius 3 is 2.33 bits per heavy atom. The predicted octanol–water partition coefficient (Wildman–Crippen LogP) is 5.67. The summed E-state index contributed by atoms with van der Waals surface area (Å²) in [4.78, 5) is 68.6. The summed E-state index contributed by atoms with van der Waals surface area (Å²) in [6, 6.07) is 28.9. The van der Waals surface area contributed by atoms with Gasteiger partial charge in [-0.3, -0.25) is 23.7 Å². The lowest BCUT2D eigenvalue weighted by molar-refractivity contribution is -0.122. The largest absolute Gasteiger partial charge is 0.462 e. The molecule has 3 atom stereocenters. The highest BCUT2D eigenvalue weighted by atomic mass is 32.2. The smallest absolute Gasteiger partial charge is 0.338 e. The van der Waals surface area contributed by atoms with Crippen molar-refractivity contribution >= 4 is 68.9 Å². The number of hydrogen-bond acceptors (Lipinski definition) is 8. The Kier molecular flexibility index (Phi) is 7.79. The van der Waals surface area contributed by atoms with E-state index < -0.39 is 29.0 Å². The summed E-state index contributed by atoms with van der Waals surface area (Å²) in [5.74, 6) is -3.01. The molecular weight excluding hydrogens is 623 g/mol. The molecule has 3 amide bonds. The van der Waals surface area contributed by atoms with Crippen molar-refractivity contribution < 1.29 is 23.9 Å². The van der Waals surface area contributed by atoms with Gasteiger partial charge in [0.15, 0.2) is 0 Å². The Morgan fingerprint density at radius 1 is 0.848 bits per heavy atom. The molecule has 1 fully saturated rings. The van der Waals surface area contributed by atoms with Gasteiger partial charge < -0.3 is 10.1 Å². The SMILES string of the molecule is CCOC(=O)c1ccc(N2C(=O)C3Sc4c(sc(=O)n4CC(=O)Nc4cccc5ccccc45)[C@H](c4ccccc4)C3C2=O)cc1. The van der Waals surface area contributed by atoms with Crippen LogP contribution in [0, 0.1) is 5.92 Å². The predicted molar refractivity (Wildman–Crippen MR) is 177 cm³/mol. The van der Waals surface area contributed by atoms with Gasteiger partial charge in [-0.15, -0.1) is 0 Å². The van der Waals surface area contributed by atoms with Crippen LogP contribution in [0.15, 0.2) is 107 Å². The van der Waals surface area contributed by atoms with Crippen LogP contribution in [-0.4, -0.2) is 40.1 Å². The van der Waals surface area contributed by atoms with Crippen LogP contribution in [0.25, 0.3) is 10.8 Å². The van der Waals surface area contributed by atoms with E-state index >= 15 is 0 Å². The number of ether oxygens (including phenoxy) is 1. The van der Waals surface area contributed by atoms with Crippen LogP contribution in [0.5, 0.6) is 0 Å². The molecule has 2 unspecified atom stereocenters. The Bertz CT molecular complexity index is 2070. The fourth-order valence-corrected chi connectivity index (χ4v) is 8.93.